The molecule has 0 amide bonds. The summed E-state index contributed by atoms with van der Waals surface area (Å²) in [5.41, 5.74) is -0.755. The molecule has 1 aromatic heterocycles. The highest BCUT2D eigenvalue weighted by Gasteiger charge is 2.09. The van der Waals surface area contributed by atoms with Crippen molar-refractivity contribution in [1.82, 2.24) is 9.13 Å². The molecular formula is C12H20N2O4S. The molecule has 1 aromatic rings. The first-order valence-electron chi connectivity index (χ1n) is 6.42. The summed E-state index contributed by atoms with van der Waals surface area (Å²) >= 11 is 0. The maximum absolute atomic E-state index is 12.0. The van der Waals surface area contributed by atoms with Gasteiger partial charge in [-0.25, -0.2) is 13.2 Å². The van der Waals surface area contributed by atoms with E-state index in [0.717, 1.165) is 11.0 Å². The molecule has 0 bridgehead atoms. The first kappa shape index (κ1) is 15.7. The van der Waals surface area contributed by atoms with Gasteiger partial charge in [0.25, 0.3) is 5.56 Å². The molecule has 19 heavy (non-hydrogen) atoms. The van der Waals surface area contributed by atoms with Crippen molar-refractivity contribution >= 4 is 9.84 Å². The molecule has 0 unspecified atom stereocenters. The molecule has 0 aliphatic rings. The minimum Gasteiger partial charge on any atom is -0.300 e. The number of aryl methyl sites for hydroxylation is 1. The highest BCUT2D eigenvalue weighted by atomic mass is 32.2. The van der Waals surface area contributed by atoms with E-state index in [-0.39, 0.29) is 35.7 Å². The molecular weight excluding hydrogens is 268 g/mol. The minimum atomic E-state index is -3.06. The van der Waals surface area contributed by atoms with Crippen molar-refractivity contribution in [2.24, 2.45) is 0 Å². The van der Waals surface area contributed by atoms with Crippen molar-refractivity contribution in [3.63, 3.8) is 0 Å². The summed E-state index contributed by atoms with van der Waals surface area (Å²) in [5.74, 6) is 0.0782. The number of sulfone groups is 1. The number of aromatic nitrogens is 2. The van der Waals surface area contributed by atoms with Crippen molar-refractivity contribution < 1.29 is 8.42 Å². The maximum Gasteiger partial charge on any atom is 0.330 e. The van der Waals surface area contributed by atoms with Crippen LogP contribution in [0.2, 0.25) is 0 Å². The van der Waals surface area contributed by atoms with Crippen LogP contribution >= 0.6 is 0 Å². The Morgan fingerprint density at radius 2 is 1.84 bits per heavy atom. The Balaban J connectivity index is 2.87. The zero-order valence-corrected chi connectivity index (χ0v) is 12.1. The summed E-state index contributed by atoms with van der Waals surface area (Å²) in [4.78, 5) is 23.6. The standard InChI is InChI=1S/C12H20N2O4S/c1-3-7-13-9-6-11(15)14(12(13)16)8-5-10-19(17,18)4-2/h6,9H,3-5,7-8,10H2,1-2H3. The average molecular weight is 288 g/mol. The van der Waals surface area contributed by atoms with Crippen LogP contribution in [0.4, 0.5) is 0 Å². The normalized spacial score (nSPS) is 11.7. The van der Waals surface area contributed by atoms with E-state index in [4.69, 9.17) is 0 Å². The van der Waals surface area contributed by atoms with Crippen LogP contribution in [0.1, 0.15) is 26.7 Å². The van der Waals surface area contributed by atoms with Gasteiger partial charge in [0.15, 0.2) is 0 Å². The van der Waals surface area contributed by atoms with Crippen LogP contribution < -0.4 is 11.2 Å². The van der Waals surface area contributed by atoms with E-state index in [0.29, 0.717) is 6.54 Å². The molecule has 0 N–H and O–H groups in total. The summed E-state index contributed by atoms with van der Waals surface area (Å²) in [6.45, 7) is 4.21. The lowest BCUT2D eigenvalue weighted by molar-refractivity contribution is 0.536. The second-order valence-electron chi connectivity index (χ2n) is 4.37. The van der Waals surface area contributed by atoms with E-state index in [1.807, 2.05) is 6.92 Å². The molecule has 0 saturated carbocycles. The Hall–Kier alpha value is -1.37. The largest absolute Gasteiger partial charge is 0.330 e. The van der Waals surface area contributed by atoms with Gasteiger partial charge in [0.1, 0.15) is 9.84 Å². The minimum absolute atomic E-state index is 0.00193. The third-order valence-electron chi connectivity index (χ3n) is 2.88. The van der Waals surface area contributed by atoms with Crippen LogP contribution in [0, 0.1) is 0 Å². The molecule has 0 radical (unpaired) electrons. The van der Waals surface area contributed by atoms with Gasteiger partial charge in [-0.15, -0.1) is 0 Å². The van der Waals surface area contributed by atoms with Gasteiger partial charge in [-0.05, 0) is 12.8 Å². The number of hydrogen-bond acceptors (Lipinski definition) is 4. The summed E-state index contributed by atoms with van der Waals surface area (Å²) in [6, 6.07) is 1.34. The first-order valence-corrected chi connectivity index (χ1v) is 8.24. The molecule has 0 aliphatic carbocycles. The van der Waals surface area contributed by atoms with Gasteiger partial charge in [0.05, 0.1) is 5.75 Å². The topological polar surface area (TPSA) is 78.1 Å². The number of nitrogens with zero attached hydrogens (tertiary/aromatic N) is 2. The van der Waals surface area contributed by atoms with Crippen molar-refractivity contribution in [1.29, 1.82) is 0 Å². The zero-order valence-electron chi connectivity index (χ0n) is 11.3. The smallest absolute Gasteiger partial charge is 0.300 e. The van der Waals surface area contributed by atoms with Crippen molar-refractivity contribution in [3.8, 4) is 0 Å². The SMILES string of the molecule is CCCn1ccc(=O)n(CCCS(=O)(=O)CC)c1=O. The molecule has 0 fully saturated rings. The molecule has 0 spiro atoms. The second kappa shape index (κ2) is 6.70. The van der Waals surface area contributed by atoms with Crippen LogP contribution in [-0.4, -0.2) is 29.1 Å². The lowest BCUT2D eigenvalue weighted by atomic mass is 10.4. The fourth-order valence-corrected chi connectivity index (χ4v) is 2.62. The van der Waals surface area contributed by atoms with Gasteiger partial charge in [0, 0.05) is 31.1 Å². The highest BCUT2D eigenvalue weighted by molar-refractivity contribution is 7.91. The Morgan fingerprint density at radius 1 is 1.16 bits per heavy atom. The highest BCUT2D eigenvalue weighted by Crippen LogP contribution is 1.94. The second-order valence-corrected chi connectivity index (χ2v) is 6.84. The van der Waals surface area contributed by atoms with E-state index >= 15 is 0 Å². The summed E-state index contributed by atoms with van der Waals surface area (Å²) in [7, 11) is -3.06. The van der Waals surface area contributed by atoms with Crippen LogP contribution in [0.15, 0.2) is 21.9 Å². The fraction of sp³-hybridized carbons (Fsp3) is 0.667. The molecule has 0 aromatic carbocycles. The Bertz CT molecular complexity index is 628. The quantitative estimate of drug-likeness (QED) is 0.720. The van der Waals surface area contributed by atoms with Gasteiger partial charge in [-0.1, -0.05) is 13.8 Å². The molecule has 1 heterocycles. The van der Waals surface area contributed by atoms with Crippen LogP contribution in [-0.2, 0) is 22.9 Å². The van der Waals surface area contributed by atoms with Crippen molar-refractivity contribution in [3.05, 3.63) is 33.1 Å². The van der Waals surface area contributed by atoms with Gasteiger partial charge < -0.3 is 4.57 Å². The molecule has 7 heteroatoms. The molecule has 0 atom stereocenters. The lowest BCUT2D eigenvalue weighted by Gasteiger charge is -2.08. The van der Waals surface area contributed by atoms with Gasteiger partial charge in [-0.3, -0.25) is 9.36 Å². The van der Waals surface area contributed by atoms with E-state index in [9.17, 15) is 18.0 Å². The van der Waals surface area contributed by atoms with E-state index in [1.54, 1.807) is 6.92 Å². The van der Waals surface area contributed by atoms with E-state index in [2.05, 4.69) is 0 Å². The van der Waals surface area contributed by atoms with Crippen LogP contribution in [0.3, 0.4) is 0 Å². The first-order chi connectivity index (χ1) is 8.91. The molecule has 6 nitrogen and oxygen atoms in total. The Morgan fingerprint density at radius 3 is 2.42 bits per heavy atom. The van der Waals surface area contributed by atoms with Gasteiger partial charge in [0.2, 0.25) is 0 Å². The average Bonchev–Trinajstić information content (AvgIpc) is 2.37. The van der Waals surface area contributed by atoms with Gasteiger partial charge >= 0.3 is 5.69 Å². The fourth-order valence-electron chi connectivity index (χ4n) is 1.76. The Kier molecular flexibility index (Phi) is 5.53. The maximum atomic E-state index is 12.0. The number of hydrogen-bond donors (Lipinski definition) is 0. The van der Waals surface area contributed by atoms with Crippen LogP contribution in [0.25, 0.3) is 0 Å². The molecule has 108 valence electrons. The van der Waals surface area contributed by atoms with E-state index < -0.39 is 9.84 Å². The predicted molar refractivity (Wildman–Crippen MR) is 74.2 cm³/mol. The third kappa shape index (κ3) is 4.34. The monoisotopic (exact) mass is 288 g/mol. The lowest BCUT2D eigenvalue weighted by Crippen LogP contribution is -2.39. The number of rotatable bonds is 7. The van der Waals surface area contributed by atoms with Crippen molar-refractivity contribution in [2.75, 3.05) is 11.5 Å². The summed E-state index contributed by atoms with van der Waals surface area (Å²) in [5, 5.41) is 0. The Labute approximate surface area is 112 Å². The predicted octanol–water partition coefficient (Wildman–Crippen LogP) is 0.245. The van der Waals surface area contributed by atoms with Crippen molar-refractivity contribution in [2.45, 2.75) is 39.8 Å². The molecule has 0 aliphatic heterocycles. The summed E-state index contributed by atoms with van der Waals surface area (Å²) in [6.07, 6.45) is 2.55. The molecule has 0 saturated heterocycles. The van der Waals surface area contributed by atoms with Gasteiger partial charge in [-0.2, -0.15) is 0 Å². The third-order valence-corrected chi connectivity index (χ3v) is 4.67. The summed E-state index contributed by atoms with van der Waals surface area (Å²) < 4.78 is 25.3. The van der Waals surface area contributed by atoms with E-state index in [1.165, 1.54) is 16.8 Å². The zero-order chi connectivity index (χ0) is 14.5. The van der Waals surface area contributed by atoms with Crippen LogP contribution in [0.5, 0.6) is 0 Å². The molecule has 1 rings (SSSR count).